The number of hydrogen-bond donors (Lipinski definition) is 1. The maximum Gasteiger partial charge on any atom is 0.251 e. The first-order chi connectivity index (χ1) is 17.3. The molecular weight excluding hydrogens is 452 g/mol. The predicted molar refractivity (Wildman–Crippen MR) is 140 cm³/mol. The van der Waals surface area contributed by atoms with Crippen LogP contribution in [-0.2, 0) is 9.59 Å². The van der Waals surface area contributed by atoms with Gasteiger partial charge in [-0.25, -0.2) is 0 Å². The molecule has 7 heteroatoms. The molecule has 0 unspecified atom stereocenters. The number of amides is 3. The Hall–Kier alpha value is -3.35. The Kier molecular flexibility index (Phi) is 6.49. The number of likely N-dealkylation sites (N-methyl/N-ethyl adjacent to an activating group) is 1. The lowest BCUT2D eigenvalue weighted by atomic mass is 9.85. The minimum absolute atomic E-state index is 0.0518. The summed E-state index contributed by atoms with van der Waals surface area (Å²) in [6, 6.07) is 17.2. The Morgan fingerprint density at radius 1 is 1.00 bits per heavy atom. The van der Waals surface area contributed by atoms with Crippen LogP contribution in [0.3, 0.4) is 0 Å². The van der Waals surface area contributed by atoms with Crippen LogP contribution in [0.15, 0.2) is 54.6 Å². The van der Waals surface area contributed by atoms with Crippen molar-refractivity contribution < 1.29 is 14.4 Å². The Balaban J connectivity index is 1.28. The van der Waals surface area contributed by atoms with Gasteiger partial charge in [-0.2, -0.15) is 0 Å². The van der Waals surface area contributed by atoms with Crippen LogP contribution in [0, 0.1) is 5.92 Å². The largest absolute Gasteiger partial charge is 0.341 e. The van der Waals surface area contributed by atoms with Crippen molar-refractivity contribution in [1.29, 1.82) is 0 Å². The minimum atomic E-state index is -0.632. The molecule has 0 aromatic heterocycles. The number of likely N-dealkylation sites (tertiary alicyclic amines) is 1. The van der Waals surface area contributed by atoms with Crippen molar-refractivity contribution in [2.75, 3.05) is 31.7 Å². The second-order valence-corrected chi connectivity index (χ2v) is 10.9. The van der Waals surface area contributed by atoms with E-state index in [9.17, 15) is 14.4 Å². The molecule has 1 saturated carbocycles. The number of nitrogens with one attached hydrogen (secondary N) is 1. The van der Waals surface area contributed by atoms with Crippen LogP contribution in [0.1, 0.15) is 61.4 Å². The molecule has 1 N–H and O–H groups in total. The molecular formula is C29H36N4O3. The first-order valence-electron chi connectivity index (χ1n) is 13.1. The summed E-state index contributed by atoms with van der Waals surface area (Å²) in [5, 5.41) is 3.01. The molecule has 3 aliphatic rings. The molecule has 0 bridgehead atoms. The highest BCUT2D eigenvalue weighted by Crippen LogP contribution is 2.40. The lowest BCUT2D eigenvalue weighted by Crippen LogP contribution is -2.60. The quantitative estimate of drug-likeness (QED) is 0.674. The summed E-state index contributed by atoms with van der Waals surface area (Å²) in [6.45, 7) is 5.43. The van der Waals surface area contributed by atoms with E-state index in [0.717, 1.165) is 5.69 Å². The molecule has 2 heterocycles. The summed E-state index contributed by atoms with van der Waals surface area (Å²) in [4.78, 5) is 45.8. The van der Waals surface area contributed by atoms with E-state index in [2.05, 4.69) is 16.3 Å². The van der Waals surface area contributed by atoms with Crippen molar-refractivity contribution in [3.05, 3.63) is 65.7 Å². The van der Waals surface area contributed by atoms with Crippen molar-refractivity contribution in [2.45, 2.75) is 57.0 Å². The molecule has 1 aliphatic carbocycles. The molecule has 0 radical (unpaired) electrons. The average molecular weight is 489 g/mol. The van der Waals surface area contributed by atoms with Crippen molar-refractivity contribution >= 4 is 23.4 Å². The molecule has 2 saturated heterocycles. The average Bonchev–Trinajstić information content (AvgIpc) is 3.72. The fourth-order valence-corrected chi connectivity index (χ4v) is 5.69. The lowest BCUT2D eigenvalue weighted by Gasteiger charge is -2.44. The summed E-state index contributed by atoms with van der Waals surface area (Å²) >= 11 is 0. The van der Waals surface area contributed by atoms with Gasteiger partial charge in [-0.15, -0.1) is 0 Å². The van der Waals surface area contributed by atoms with Gasteiger partial charge in [-0.05, 0) is 67.3 Å². The highest BCUT2D eigenvalue weighted by molar-refractivity contribution is 5.98. The Labute approximate surface area is 213 Å². The first-order valence-corrected chi connectivity index (χ1v) is 13.1. The van der Waals surface area contributed by atoms with Gasteiger partial charge in [-0.3, -0.25) is 14.4 Å². The van der Waals surface area contributed by atoms with Gasteiger partial charge in [0.15, 0.2) is 0 Å². The number of carbonyl (C=O) groups is 3. The smallest absolute Gasteiger partial charge is 0.251 e. The number of hydrogen-bond acceptors (Lipinski definition) is 4. The van der Waals surface area contributed by atoms with Crippen LogP contribution in [0.25, 0.3) is 0 Å². The molecule has 7 nitrogen and oxygen atoms in total. The SMILES string of the molecule is CC(C)[C@@H](NC(=O)c1cccc(C2CC2)c1)C(=O)N1CCC2(CC1)C(=O)N(C)CN2c1ccccc1. The van der Waals surface area contributed by atoms with Gasteiger partial charge < -0.3 is 20.0 Å². The third-order valence-electron chi connectivity index (χ3n) is 8.00. The number of anilines is 1. The van der Waals surface area contributed by atoms with Gasteiger partial charge in [0.2, 0.25) is 11.8 Å². The fraction of sp³-hybridized carbons (Fsp3) is 0.483. The van der Waals surface area contributed by atoms with E-state index >= 15 is 0 Å². The van der Waals surface area contributed by atoms with Crippen LogP contribution < -0.4 is 10.2 Å². The normalized spacial score (nSPS) is 20.2. The van der Waals surface area contributed by atoms with Gasteiger partial charge in [-0.1, -0.05) is 44.2 Å². The van der Waals surface area contributed by atoms with Crippen molar-refractivity contribution in [2.24, 2.45) is 5.92 Å². The number of carbonyl (C=O) groups excluding carboxylic acids is 3. The third-order valence-corrected chi connectivity index (χ3v) is 8.00. The standard InChI is InChI=1S/C29H36N4O3/c1-20(2)25(30-26(34)23-9-7-8-22(18-23)21-12-13-21)27(35)32-16-14-29(15-17-32)28(36)31(3)19-33(29)24-10-5-4-6-11-24/h4-11,18,20-21,25H,12-17,19H2,1-3H3,(H,30,34)/t25-/m1/s1. The molecule has 2 aliphatic heterocycles. The van der Waals surface area contributed by atoms with Crippen molar-refractivity contribution in [3.63, 3.8) is 0 Å². The topological polar surface area (TPSA) is 73.0 Å². The molecule has 2 aromatic rings. The molecule has 5 rings (SSSR count). The number of rotatable bonds is 6. The Morgan fingerprint density at radius 2 is 1.69 bits per heavy atom. The molecule has 1 spiro atoms. The molecule has 1 atom stereocenters. The molecule has 2 aromatic carbocycles. The minimum Gasteiger partial charge on any atom is -0.341 e. The van der Waals surface area contributed by atoms with E-state index in [-0.39, 0.29) is 23.6 Å². The van der Waals surface area contributed by atoms with Crippen LogP contribution in [0.2, 0.25) is 0 Å². The monoisotopic (exact) mass is 488 g/mol. The van der Waals surface area contributed by atoms with Gasteiger partial charge >= 0.3 is 0 Å². The number of nitrogens with zero attached hydrogens (tertiary/aromatic N) is 3. The highest BCUT2D eigenvalue weighted by atomic mass is 16.2. The number of para-hydroxylation sites is 1. The summed E-state index contributed by atoms with van der Waals surface area (Å²) < 4.78 is 0. The summed E-state index contributed by atoms with van der Waals surface area (Å²) in [6.07, 6.45) is 3.49. The van der Waals surface area contributed by atoms with Crippen LogP contribution >= 0.6 is 0 Å². The zero-order valence-corrected chi connectivity index (χ0v) is 21.4. The van der Waals surface area contributed by atoms with Crippen LogP contribution in [-0.4, -0.2) is 65.9 Å². The zero-order chi connectivity index (χ0) is 25.4. The van der Waals surface area contributed by atoms with Gasteiger partial charge in [0.05, 0.1) is 6.67 Å². The zero-order valence-electron chi connectivity index (χ0n) is 21.4. The highest BCUT2D eigenvalue weighted by Gasteiger charge is 2.53. The molecule has 3 amide bonds. The molecule has 36 heavy (non-hydrogen) atoms. The Morgan fingerprint density at radius 3 is 2.33 bits per heavy atom. The van der Waals surface area contributed by atoms with Gasteiger partial charge in [0.1, 0.15) is 11.6 Å². The third kappa shape index (κ3) is 4.47. The fourth-order valence-electron chi connectivity index (χ4n) is 5.69. The predicted octanol–water partition coefficient (Wildman–Crippen LogP) is 3.62. The first kappa shape index (κ1) is 24.3. The van der Waals surface area contributed by atoms with Crippen molar-refractivity contribution in [1.82, 2.24) is 15.1 Å². The van der Waals surface area contributed by atoms with Gasteiger partial charge in [0, 0.05) is 31.4 Å². The van der Waals surface area contributed by atoms with Gasteiger partial charge in [0.25, 0.3) is 5.91 Å². The second kappa shape index (κ2) is 9.60. The summed E-state index contributed by atoms with van der Waals surface area (Å²) in [5.74, 6) is 0.345. The van der Waals surface area contributed by atoms with E-state index in [1.54, 1.807) is 4.90 Å². The van der Waals surface area contributed by atoms with E-state index in [1.807, 2.05) is 74.3 Å². The van der Waals surface area contributed by atoms with Crippen LogP contribution in [0.4, 0.5) is 5.69 Å². The second-order valence-electron chi connectivity index (χ2n) is 10.9. The lowest BCUT2D eigenvalue weighted by molar-refractivity contribution is -0.139. The van der Waals surface area contributed by atoms with Crippen molar-refractivity contribution in [3.8, 4) is 0 Å². The van der Waals surface area contributed by atoms with E-state index < -0.39 is 11.6 Å². The number of benzene rings is 2. The maximum absolute atomic E-state index is 13.6. The van der Waals surface area contributed by atoms with E-state index in [4.69, 9.17) is 0 Å². The number of piperidine rings is 1. The van der Waals surface area contributed by atoms with E-state index in [1.165, 1.54) is 18.4 Å². The van der Waals surface area contributed by atoms with E-state index in [0.29, 0.717) is 44.1 Å². The Bertz CT molecular complexity index is 1140. The molecule has 3 fully saturated rings. The maximum atomic E-state index is 13.6. The van der Waals surface area contributed by atoms with Crippen LogP contribution in [0.5, 0.6) is 0 Å². The summed E-state index contributed by atoms with van der Waals surface area (Å²) in [5.41, 5.74) is 2.20. The summed E-state index contributed by atoms with van der Waals surface area (Å²) in [7, 11) is 1.84. The molecule has 190 valence electrons.